The number of nitrogens with one attached hydrogen (secondary N) is 2. The molecule has 0 bridgehead atoms. The number of hydrogen-bond donors (Lipinski definition) is 2. The van der Waals surface area contributed by atoms with Crippen LogP contribution in [0.1, 0.15) is 37.5 Å². The lowest BCUT2D eigenvalue weighted by molar-refractivity contribution is -0.131. The number of amides is 2. The van der Waals surface area contributed by atoms with Crippen molar-refractivity contribution in [3.8, 4) is 12.1 Å². The highest BCUT2D eigenvalue weighted by Gasteiger charge is 2.66. The zero-order chi connectivity index (χ0) is 21.3. The van der Waals surface area contributed by atoms with Gasteiger partial charge in [-0.15, -0.1) is 0 Å². The van der Waals surface area contributed by atoms with Crippen LogP contribution >= 0.6 is 12.2 Å². The Balaban J connectivity index is 2.14. The number of carbonyl (C=O) groups is 2. The first-order valence-corrected chi connectivity index (χ1v) is 9.60. The van der Waals surface area contributed by atoms with E-state index in [0.29, 0.717) is 11.3 Å². The molecular formula is C21H19N5O2S. The van der Waals surface area contributed by atoms with E-state index in [4.69, 9.17) is 12.2 Å². The molecule has 1 aromatic rings. The number of benzene rings is 1. The molecule has 4 rings (SSSR count). The zero-order valence-electron chi connectivity index (χ0n) is 16.5. The van der Waals surface area contributed by atoms with Gasteiger partial charge in [0.1, 0.15) is 11.5 Å². The highest BCUT2D eigenvalue weighted by molar-refractivity contribution is 7.80. The first kappa shape index (κ1) is 19.1. The van der Waals surface area contributed by atoms with E-state index in [2.05, 4.69) is 10.6 Å². The molecule has 7 nitrogen and oxygen atoms in total. The summed E-state index contributed by atoms with van der Waals surface area (Å²) < 4.78 is 0. The van der Waals surface area contributed by atoms with Crippen molar-refractivity contribution in [3.63, 3.8) is 0 Å². The van der Waals surface area contributed by atoms with E-state index in [9.17, 15) is 20.1 Å². The molecule has 3 aliphatic heterocycles. The number of rotatable bonds is 2. The molecule has 1 saturated heterocycles. The van der Waals surface area contributed by atoms with Crippen molar-refractivity contribution in [2.45, 2.75) is 44.7 Å². The Labute approximate surface area is 174 Å². The number of allylic oxidation sites excluding steroid dienone is 1. The summed E-state index contributed by atoms with van der Waals surface area (Å²) in [4.78, 5) is 28.5. The molecule has 0 radical (unpaired) electrons. The SMILES string of the molecule is CC1=CC(C)(C)N2C(=O)C(C(C#N)C#N)(C3NC(=S)NC3=O)c3cc(C)cc1c32. The van der Waals surface area contributed by atoms with Gasteiger partial charge in [0.2, 0.25) is 11.8 Å². The Morgan fingerprint density at radius 3 is 2.41 bits per heavy atom. The van der Waals surface area contributed by atoms with E-state index in [-0.39, 0.29) is 5.11 Å². The second kappa shape index (κ2) is 5.88. The van der Waals surface area contributed by atoms with Gasteiger partial charge in [-0.1, -0.05) is 17.7 Å². The van der Waals surface area contributed by atoms with Crippen LogP contribution in [0, 0.1) is 35.5 Å². The Morgan fingerprint density at radius 1 is 1.21 bits per heavy atom. The first-order valence-electron chi connectivity index (χ1n) is 9.19. The van der Waals surface area contributed by atoms with Crippen molar-refractivity contribution in [3.05, 3.63) is 34.9 Å². The number of anilines is 1. The smallest absolute Gasteiger partial charge is 0.250 e. The van der Waals surface area contributed by atoms with Crippen LogP contribution in [0.25, 0.3) is 5.57 Å². The number of nitrogens with zero attached hydrogens (tertiary/aromatic N) is 3. The summed E-state index contributed by atoms with van der Waals surface area (Å²) in [5.74, 6) is -2.35. The van der Waals surface area contributed by atoms with Crippen molar-refractivity contribution in [2.24, 2.45) is 5.92 Å². The maximum absolute atomic E-state index is 14.1. The highest BCUT2D eigenvalue weighted by atomic mass is 32.1. The summed E-state index contributed by atoms with van der Waals surface area (Å²) in [5.41, 5.74) is 1.52. The predicted molar refractivity (Wildman–Crippen MR) is 110 cm³/mol. The molecule has 8 heteroatoms. The monoisotopic (exact) mass is 405 g/mol. The van der Waals surface area contributed by atoms with Crippen LogP contribution < -0.4 is 15.5 Å². The third kappa shape index (κ3) is 2.24. The maximum Gasteiger partial charge on any atom is 0.250 e. The van der Waals surface area contributed by atoms with E-state index in [1.165, 1.54) is 0 Å². The highest BCUT2D eigenvalue weighted by Crippen LogP contribution is 2.56. The summed E-state index contributed by atoms with van der Waals surface area (Å²) >= 11 is 5.10. The van der Waals surface area contributed by atoms with Crippen molar-refractivity contribution >= 4 is 40.4 Å². The van der Waals surface area contributed by atoms with Crippen molar-refractivity contribution in [1.82, 2.24) is 10.6 Å². The number of carbonyl (C=O) groups excluding carboxylic acids is 2. The van der Waals surface area contributed by atoms with E-state index < -0.39 is 34.7 Å². The molecule has 0 aromatic heterocycles. The number of aryl methyl sites for hydroxylation is 1. The van der Waals surface area contributed by atoms with Crippen molar-refractivity contribution in [1.29, 1.82) is 10.5 Å². The van der Waals surface area contributed by atoms with Gasteiger partial charge in [-0.25, -0.2) is 0 Å². The molecule has 29 heavy (non-hydrogen) atoms. The third-order valence-corrected chi connectivity index (χ3v) is 6.21. The summed E-state index contributed by atoms with van der Waals surface area (Å²) in [6, 6.07) is 6.58. The molecule has 1 aromatic carbocycles. The molecule has 2 amide bonds. The second-order valence-electron chi connectivity index (χ2n) is 8.29. The number of thiocarbonyl (C=S) groups is 1. The average Bonchev–Trinajstić information content (AvgIpc) is 3.09. The molecule has 2 atom stereocenters. The lowest BCUT2D eigenvalue weighted by atomic mass is 9.66. The van der Waals surface area contributed by atoms with Gasteiger partial charge in [0.05, 0.1) is 23.4 Å². The molecule has 2 unspecified atom stereocenters. The molecule has 0 spiro atoms. The average molecular weight is 405 g/mol. The lowest BCUT2D eigenvalue weighted by Gasteiger charge is -2.40. The van der Waals surface area contributed by atoms with Gasteiger partial charge in [-0.3, -0.25) is 9.59 Å². The Morgan fingerprint density at radius 2 is 1.86 bits per heavy atom. The minimum absolute atomic E-state index is 0.0816. The molecule has 146 valence electrons. The van der Waals surface area contributed by atoms with Gasteiger partial charge in [-0.05, 0) is 57.1 Å². The van der Waals surface area contributed by atoms with Crippen molar-refractivity contribution in [2.75, 3.05) is 4.90 Å². The fraction of sp³-hybridized carbons (Fsp3) is 0.381. The molecule has 2 N–H and O–H groups in total. The Kier molecular flexibility index (Phi) is 3.88. The molecule has 1 fully saturated rings. The molecule has 0 aliphatic carbocycles. The standard InChI is InChI=1S/C21H19N5O2S/c1-10-5-13-11(2)7-20(3,4)26-15(13)14(6-10)21(18(26)28,12(8-22)9-23)16-17(27)25-19(29)24-16/h5-7,12,16H,1-4H3,(H2,24,25,27,29). The van der Waals surface area contributed by atoms with Gasteiger partial charge >= 0.3 is 0 Å². The van der Waals surface area contributed by atoms with Gasteiger partial charge in [0.15, 0.2) is 11.0 Å². The minimum atomic E-state index is -1.71. The summed E-state index contributed by atoms with van der Waals surface area (Å²) in [5, 5.41) is 25.2. The van der Waals surface area contributed by atoms with Crippen LogP contribution in [0.4, 0.5) is 5.69 Å². The normalized spacial score (nSPS) is 26.4. The van der Waals surface area contributed by atoms with Gasteiger partial charge in [-0.2, -0.15) is 10.5 Å². The van der Waals surface area contributed by atoms with Crippen LogP contribution in [-0.4, -0.2) is 28.5 Å². The van der Waals surface area contributed by atoms with Crippen molar-refractivity contribution < 1.29 is 9.59 Å². The molecule has 3 aliphatic rings. The predicted octanol–water partition coefficient (Wildman–Crippen LogP) is 1.81. The third-order valence-electron chi connectivity index (χ3n) is 5.99. The van der Waals surface area contributed by atoms with E-state index >= 15 is 0 Å². The van der Waals surface area contributed by atoms with E-state index in [1.807, 2.05) is 58.0 Å². The quantitative estimate of drug-likeness (QED) is 0.727. The van der Waals surface area contributed by atoms with Crippen LogP contribution in [-0.2, 0) is 15.0 Å². The van der Waals surface area contributed by atoms with Gasteiger partial charge in [0, 0.05) is 5.56 Å². The van der Waals surface area contributed by atoms with Gasteiger partial charge < -0.3 is 15.5 Å². The fourth-order valence-electron chi connectivity index (χ4n) is 4.95. The zero-order valence-corrected chi connectivity index (χ0v) is 17.3. The summed E-state index contributed by atoms with van der Waals surface area (Å²) in [6.45, 7) is 7.66. The molecule has 3 heterocycles. The lowest BCUT2D eigenvalue weighted by Crippen LogP contribution is -2.61. The number of nitriles is 2. The van der Waals surface area contributed by atoms with Crippen LogP contribution in [0.3, 0.4) is 0 Å². The number of hydrogen-bond acceptors (Lipinski definition) is 5. The molecular weight excluding hydrogens is 386 g/mol. The van der Waals surface area contributed by atoms with Crippen LogP contribution in [0.15, 0.2) is 18.2 Å². The van der Waals surface area contributed by atoms with Crippen LogP contribution in [0.5, 0.6) is 0 Å². The Hall–Kier alpha value is -3.23. The topological polar surface area (TPSA) is 109 Å². The minimum Gasteiger partial charge on any atom is -0.349 e. The fourth-order valence-corrected chi connectivity index (χ4v) is 5.17. The first-order chi connectivity index (χ1) is 13.6. The largest absolute Gasteiger partial charge is 0.349 e. The van der Waals surface area contributed by atoms with E-state index in [1.54, 1.807) is 4.90 Å². The Bertz CT molecular complexity index is 1110. The summed E-state index contributed by atoms with van der Waals surface area (Å²) in [6.07, 6.45) is 1.99. The maximum atomic E-state index is 14.1. The second-order valence-corrected chi connectivity index (χ2v) is 8.69. The summed E-state index contributed by atoms with van der Waals surface area (Å²) in [7, 11) is 0. The van der Waals surface area contributed by atoms with Gasteiger partial charge in [0.25, 0.3) is 0 Å². The van der Waals surface area contributed by atoms with E-state index in [0.717, 1.165) is 16.7 Å². The molecule has 0 saturated carbocycles. The van der Waals surface area contributed by atoms with Crippen LogP contribution in [0.2, 0.25) is 0 Å².